The molecule has 134 valence electrons. The fourth-order valence-corrected chi connectivity index (χ4v) is 4.41. The van der Waals surface area contributed by atoms with E-state index in [1.54, 1.807) is 38.3 Å². The van der Waals surface area contributed by atoms with Crippen LogP contribution in [-0.2, 0) is 18.3 Å². The molecule has 1 aliphatic heterocycles. The largest absolute Gasteiger partial charge is 0.497 e. The highest BCUT2D eigenvalue weighted by Crippen LogP contribution is 2.63. The Bertz CT molecular complexity index is 601. The Hall–Kier alpha value is -1.56. The van der Waals surface area contributed by atoms with Crippen LogP contribution in [0.5, 0.6) is 5.75 Å². The second-order valence-electron chi connectivity index (χ2n) is 6.29. The summed E-state index contributed by atoms with van der Waals surface area (Å²) in [7, 11) is -2.02. The first kappa shape index (κ1) is 18.8. The summed E-state index contributed by atoms with van der Waals surface area (Å²) in [5.41, 5.74) is 0.356. The summed E-state index contributed by atoms with van der Waals surface area (Å²) in [5, 5.41) is 2.59. The lowest BCUT2D eigenvalue weighted by atomic mass is 9.97. The average molecular weight is 357 g/mol. The van der Waals surface area contributed by atoms with Crippen LogP contribution in [-0.4, -0.2) is 33.0 Å². The van der Waals surface area contributed by atoms with Gasteiger partial charge in [0.1, 0.15) is 5.75 Å². The molecule has 7 nitrogen and oxygen atoms in total. The fraction of sp³-hybridized carbons (Fsp3) is 0.562. The minimum absolute atomic E-state index is 0.209. The summed E-state index contributed by atoms with van der Waals surface area (Å²) >= 11 is 0. The van der Waals surface area contributed by atoms with Gasteiger partial charge in [-0.3, -0.25) is 4.57 Å². The van der Waals surface area contributed by atoms with Gasteiger partial charge in [-0.15, -0.1) is 0 Å². The maximum Gasteiger partial charge on any atom is 0.408 e. The molecule has 1 unspecified atom stereocenters. The molecule has 1 aliphatic rings. The van der Waals surface area contributed by atoms with E-state index in [9.17, 15) is 9.36 Å². The number of amides is 1. The number of carbonyl (C=O) groups excluding carboxylic acids is 1. The number of hydrogen-bond acceptors (Lipinski definition) is 6. The van der Waals surface area contributed by atoms with Crippen molar-refractivity contribution in [2.75, 3.05) is 26.9 Å². The molecule has 1 aromatic rings. The second kappa shape index (κ2) is 7.55. The van der Waals surface area contributed by atoms with Crippen molar-refractivity contribution in [1.82, 2.24) is 5.32 Å². The first-order chi connectivity index (χ1) is 11.3. The second-order valence-corrected chi connectivity index (χ2v) is 8.40. The lowest BCUT2D eigenvalue weighted by Gasteiger charge is -2.37. The molecule has 1 N–H and O–H groups in total. The maximum atomic E-state index is 13.2. The van der Waals surface area contributed by atoms with Gasteiger partial charge in [0.2, 0.25) is 0 Å². The molecule has 1 fully saturated rings. The number of methoxy groups -OCH3 is 1. The maximum absolute atomic E-state index is 13.2. The van der Waals surface area contributed by atoms with E-state index in [0.717, 1.165) is 0 Å². The average Bonchev–Trinajstić information content (AvgIpc) is 2.56. The zero-order valence-corrected chi connectivity index (χ0v) is 15.3. The van der Waals surface area contributed by atoms with Crippen LogP contribution in [0, 0.1) is 5.41 Å². The molecule has 24 heavy (non-hydrogen) atoms. The highest BCUT2D eigenvalue weighted by atomic mass is 31.2. The zero-order chi connectivity index (χ0) is 17.8. The van der Waals surface area contributed by atoms with Crippen molar-refractivity contribution < 1.29 is 27.9 Å². The predicted molar refractivity (Wildman–Crippen MR) is 89.2 cm³/mol. The number of benzene rings is 1. The van der Waals surface area contributed by atoms with Gasteiger partial charge in [0.15, 0.2) is 5.78 Å². The highest BCUT2D eigenvalue weighted by Gasteiger charge is 2.44. The Labute approximate surface area is 142 Å². The first-order valence-electron chi connectivity index (χ1n) is 7.76. The molecule has 1 atom stereocenters. The Morgan fingerprint density at radius 1 is 1.29 bits per heavy atom. The molecule has 2 rings (SSSR count). The molecular weight excluding hydrogens is 333 g/mol. The Balaban J connectivity index is 2.28. The van der Waals surface area contributed by atoms with Crippen LogP contribution in [0.2, 0.25) is 0 Å². The number of rotatable bonds is 5. The summed E-state index contributed by atoms with van der Waals surface area (Å²) < 4.78 is 34.3. The van der Waals surface area contributed by atoms with Crippen LogP contribution in [0.4, 0.5) is 4.79 Å². The van der Waals surface area contributed by atoms with E-state index in [4.69, 9.17) is 18.5 Å². The van der Waals surface area contributed by atoms with Gasteiger partial charge >= 0.3 is 13.7 Å². The van der Waals surface area contributed by atoms with Crippen molar-refractivity contribution in [3.63, 3.8) is 0 Å². The Kier molecular flexibility index (Phi) is 5.91. The lowest BCUT2D eigenvalue weighted by molar-refractivity contribution is 0.0361. The summed E-state index contributed by atoms with van der Waals surface area (Å²) in [4.78, 5) is 11.9. The van der Waals surface area contributed by atoms with E-state index in [0.29, 0.717) is 11.3 Å². The molecule has 0 saturated carbocycles. The number of hydrogen-bond donors (Lipinski definition) is 1. The zero-order valence-electron chi connectivity index (χ0n) is 14.4. The van der Waals surface area contributed by atoms with Crippen LogP contribution in [0.3, 0.4) is 0 Å². The van der Waals surface area contributed by atoms with Gasteiger partial charge in [-0.05, 0) is 24.6 Å². The molecule has 1 heterocycles. The van der Waals surface area contributed by atoms with E-state index < -0.39 is 19.5 Å². The standard InChI is InChI=1S/C16H24NO6P/c1-5-21-15(18)17-14(12-6-8-13(20-4)9-7-12)24(19)22-10-16(2,3)11-23-24/h6-9,14H,5,10-11H2,1-4H3,(H,17,18). The first-order valence-corrected chi connectivity index (χ1v) is 9.37. The quantitative estimate of drug-likeness (QED) is 0.809. The molecule has 0 aromatic heterocycles. The van der Waals surface area contributed by atoms with Crippen molar-refractivity contribution in [2.45, 2.75) is 26.6 Å². The third-order valence-corrected chi connectivity index (χ3v) is 5.59. The molecule has 0 aliphatic carbocycles. The van der Waals surface area contributed by atoms with Gasteiger partial charge in [-0.1, -0.05) is 26.0 Å². The monoisotopic (exact) mass is 357 g/mol. The molecule has 1 saturated heterocycles. The van der Waals surface area contributed by atoms with Gasteiger partial charge in [0, 0.05) is 5.41 Å². The predicted octanol–water partition coefficient (Wildman–Crippen LogP) is 3.71. The molecular formula is C16H24NO6P. The lowest BCUT2D eigenvalue weighted by Crippen LogP contribution is -2.35. The number of ether oxygens (including phenoxy) is 2. The van der Waals surface area contributed by atoms with E-state index in [1.165, 1.54) is 0 Å². The Morgan fingerprint density at radius 2 is 1.88 bits per heavy atom. The van der Waals surface area contributed by atoms with Crippen molar-refractivity contribution in [1.29, 1.82) is 0 Å². The molecule has 0 radical (unpaired) electrons. The van der Waals surface area contributed by atoms with Crippen LogP contribution in [0.1, 0.15) is 32.1 Å². The van der Waals surface area contributed by atoms with E-state index in [1.807, 2.05) is 13.8 Å². The van der Waals surface area contributed by atoms with Crippen molar-refractivity contribution >= 4 is 13.7 Å². The third-order valence-electron chi connectivity index (χ3n) is 3.55. The third kappa shape index (κ3) is 4.50. The number of carbonyl (C=O) groups is 1. The highest BCUT2D eigenvalue weighted by molar-refractivity contribution is 7.54. The molecule has 0 spiro atoms. The summed E-state index contributed by atoms with van der Waals surface area (Å²) in [6.45, 7) is 6.37. The minimum Gasteiger partial charge on any atom is -0.497 e. The number of nitrogens with one attached hydrogen (secondary N) is 1. The van der Waals surface area contributed by atoms with Gasteiger partial charge in [-0.2, -0.15) is 0 Å². The number of alkyl carbamates (subject to hydrolysis) is 1. The van der Waals surface area contributed by atoms with E-state index in [2.05, 4.69) is 5.32 Å². The molecule has 1 aromatic carbocycles. The van der Waals surface area contributed by atoms with Crippen LogP contribution in [0.25, 0.3) is 0 Å². The summed E-state index contributed by atoms with van der Waals surface area (Å²) in [5.74, 6) is -0.294. The summed E-state index contributed by atoms with van der Waals surface area (Å²) in [6, 6.07) is 6.86. The van der Waals surface area contributed by atoms with Gasteiger partial charge in [-0.25, -0.2) is 4.79 Å². The Morgan fingerprint density at radius 3 is 2.38 bits per heavy atom. The SMILES string of the molecule is CCOC(=O)NC(c1ccc(OC)cc1)P1(=O)OCC(C)(C)CO1. The molecule has 8 heteroatoms. The van der Waals surface area contributed by atoms with Crippen LogP contribution < -0.4 is 10.1 Å². The van der Waals surface area contributed by atoms with Crippen LogP contribution in [0.15, 0.2) is 24.3 Å². The fourth-order valence-electron chi connectivity index (χ4n) is 2.17. The van der Waals surface area contributed by atoms with E-state index in [-0.39, 0.29) is 25.2 Å². The normalized spacial score (nSPS) is 20.0. The van der Waals surface area contributed by atoms with Crippen molar-refractivity contribution in [3.8, 4) is 5.75 Å². The van der Waals surface area contributed by atoms with Crippen molar-refractivity contribution in [3.05, 3.63) is 29.8 Å². The summed E-state index contributed by atoms with van der Waals surface area (Å²) in [6.07, 6.45) is -0.675. The van der Waals surface area contributed by atoms with E-state index >= 15 is 0 Å². The van der Waals surface area contributed by atoms with Crippen molar-refractivity contribution in [2.24, 2.45) is 5.41 Å². The topological polar surface area (TPSA) is 83.1 Å². The molecule has 1 amide bonds. The van der Waals surface area contributed by atoms with Gasteiger partial charge in [0.25, 0.3) is 0 Å². The minimum atomic E-state index is -3.58. The smallest absolute Gasteiger partial charge is 0.408 e. The van der Waals surface area contributed by atoms with Gasteiger partial charge < -0.3 is 23.8 Å². The van der Waals surface area contributed by atoms with Crippen LogP contribution >= 0.6 is 7.60 Å². The van der Waals surface area contributed by atoms with Gasteiger partial charge in [0.05, 0.1) is 26.9 Å². The molecule has 0 bridgehead atoms.